The van der Waals surface area contributed by atoms with Crippen molar-refractivity contribution in [2.45, 2.75) is 52.2 Å². The fourth-order valence-electron chi connectivity index (χ4n) is 3.35. The van der Waals surface area contributed by atoms with Crippen LogP contribution in [0.3, 0.4) is 0 Å². The maximum absolute atomic E-state index is 12.6. The van der Waals surface area contributed by atoms with E-state index in [0.717, 1.165) is 24.3 Å². The second-order valence-corrected chi connectivity index (χ2v) is 7.17. The number of pyridine rings is 1. The van der Waals surface area contributed by atoms with Gasteiger partial charge in [0.15, 0.2) is 11.5 Å². The lowest BCUT2D eigenvalue weighted by atomic mass is 9.87. The van der Waals surface area contributed by atoms with Gasteiger partial charge in [-0.3, -0.25) is 9.78 Å². The Hall–Kier alpha value is -2.56. The van der Waals surface area contributed by atoms with E-state index in [1.807, 2.05) is 19.1 Å². The average Bonchev–Trinajstić information content (AvgIpc) is 2.69. The number of carbonyl (C=O) groups is 1. The fraction of sp³-hybridized carbons (Fsp3) is 0.455. The Morgan fingerprint density at radius 1 is 1.15 bits per heavy atom. The first-order chi connectivity index (χ1) is 13.2. The first-order valence-electron chi connectivity index (χ1n) is 9.75. The summed E-state index contributed by atoms with van der Waals surface area (Å²) in [6.45, 7) is 5.10. The lowest BCUT2D eigenvalue weighted by Gasteiger charge is -2.27. The zero-order valence-electron chi connectivity index (χ0n) is 16.1. The summed E-state index contributed by atoms with van der Waals surface area (Å²) in [5.41, 5.74) is 1.58. The molecule has 27 heavy (non-hydrogen) atoms. The van der Waals surface area contributed by atoms with Crippen molar-refractivity contribution in [1.82, 2.24) is 10.3 Å². The van der Waals surface area contributed by atoms with Gasteiger partial charge in [0.1, 0.15) is 6.61 Å². The monoisotopic (exact) mass is 368 g/mol. The zero-order valence-corrected chi connectivity index (χ0v) is 16.1. The normalized spacial score (nSPS) is 19.3. The number of nitrogens with zero attached hydrogens (tertiary/aromatic N) is 1. The standard InChI is InChI=1S/C22H28N2O3/c1-3-26-21-13-18(22(25)24-19-9-6-16(2)7-10-19)8-11-20(21)27-15-17-5-4-12-23-14-17/h4-5,8,11-14,16,19H,3,6-7,9-10,15H2,1-2H3,(H,24,25). The Morgan fingerprint density at radius 3 is 2.67 bits per heavy atom. The number of ether oxygens (including phenoxy) is 2. The Morgan fingerprint density at radius 2 is 1.96 bits per heavy atom. The van der Waals surface area contributed by atoms with Gasteiger partial charge in [-0.05, 0) is 62.8 Å². The third-order valence-corrected chi connectivity index (χ3v) is 4.97. The Balaban J connectivity index is 1.66. The van der Waals surface area contributed by atoms with E-state index in [4.69, 9.17) is 9.47 Å². The van der Waals surface area contributed by atoms with E-state index >= 15 is 0 Å². The van der Waals surface area contributed by atoms with Crippen molar-refractivity contribution in [3.63, 3.8) is 0 Å². The molecule has 2 aromatic rings. The molecule has 0 radical (unpaired) electrons. The fourth-order valence-corrected chi connectivity index (χ4v) is 3.35. The van der Waals surface area contributed by atoms with Crippen LogP contribution >= 0.6 is 0 Å². The largest absolute Gasteiger partial charge is 0.490 e. The molecule has 1 heterocycles. The molecule has 1 N–H and O–H groups in total. The molecule has 5 heteroatoms. The molecular weight excluding hydrogens is 340 g/mol. The smallest absolute Gasteiger partial charge is 0.251 e. The molecule has 144 valence electrons. The summed E-state index contributed by atoms with van der Waals surface area (Å²) in [6.07, 6.45) is 7.96. The van der Waals surface area contributed by atoms with E-state index in [2.05, 4.69) is 17.2 Å². The maximum atomic E-state index is 12.6. The summed E-state index contributed by atoms with van der Waals surface area (Å²) in [7, 11) is 0. The second-order valence-electron chi connectivity index (χ2n) is 7.17. The van der Waals surface area contributed by atoms with Gasteiger partial charge in [-0.15, -0.1) is 0 Å². The Labute approximate surface area is 161 Å². The van der Waals surface area contributed by atoms with Crippen molar-refractivity contribution in [3.05, 3.63) is 53.9 Å². The van der Waals surface area contributed by atoms with Gasteiger partial charge in [-0.2, -0.15) is 0 Å². The molecule has 1 amide bonds. The van der Waals surface area contributed by atoms with Crippen LogP contribution in [0, 0.1) is 5.92 Å². The molecule has 1 aromatic heterocycles. The summed E-state index contributed by atoms with van der Waals surface area (Å²) in [6, 6.07) is 9.47. The van der Waals surface area contributed by atoms with Crippen molar-refractivity contribution in [3.8, 4) is 11.5 Å². The molecule has 0 atom stereocenters. The number of hydrogen-bond acceptors (Lipinski definition) is 4. The van der Waals surface area contributed by atoms with Crippen LogP contribution in [-0.4, -0.2) is 23.5 Å². The predicted octanol–water partition coefficient (Wildman–Crippen LogP) is 4.37. The number of benzene rings is 1. The van der Waals surface area contributed by atoms with Crippen LogP contribution < -0.4 is 14.8 Å². The molecule has 1 aliphatic rings. The molecule has 0 unspecified atom stereocenters. The minimum atomic E-state index is -0.0469. The average molecular weight is 368 g/mol. The van der Waals surface area contributed by atoms with Crippen molar-refractivity contribution < 1.29 is 14.3 Å². The molecule has 1 saturated carbocycles. The molecule has 1 aromatic carbocycles. The molecule has 1 fully saturated rings. The number of rotatable bonds is 7. The topological polar surface area (TPSA) is 60.5 Å². The third-order valence-electron chi connectivity index (χ3n) is 4.97. The van der Waals surface area contributed by atoms with E-state index in [9.17, 15) is 4.79 Å². The highest BCUT2D eigenvalue weighted by molar-refractivity contribution is 5.95. The van der Waals surface area contributed by atoms with E-state index in [1.165, 1.54) is 12.8 Å². The predicted molar refractivity (Wildman–Crippen MR) is 105 cm³/mol. The zero-order chi connectivity index (χ0) is 19.1. The van der Waals surface area contributed by atoms with Gasteiger partial charge in [0, 0.05) is 29.6 Å². The van der Waals surface area contributed by atoms with Crippen molar-refractivity contribution in [2.75, 3.05) is 6.61 Å². The number of amides is 1. The van der Waals surface area contributed by atoms with Crippen molar-refractivity contribution in [1.29, 1.82) is 0 Å². The highest BCUT2D eigenvalue weighted by Crippen LogP contribution is 2.30. The van der Waals surface area contributed by atoms with Gasteiger partial charge < -0.3 is 14.8 Å². The number of aromatic nitrogens is 1. The minimum absolute atomic E-state index is 0.0469. The highest BCUT2D eigenvalue weighted by atomic mass is 16.5. The minimum Gasteiger partial charge on any atom is -0.490 e. The molecule has 5 nitrogen and oxygen atoms in total. The third kappa shape index (κ3) is 5.46. The molecule has 0 spiro atoms. The van der Waals surface area contributed by atoms with Crippen LogP contribution in [0.4, 0.5) is 0 Å². The number of hydrogen-bond donors (Lipinski definition) is 1. The van der Waals surface area contributed by atoms with Gasteiger partial charge in [0.05, 0.1) is 6.61 Å². The summed E-state index contributed by atoms with van der Waals surface area (Å²) >= 11 is 0. The molecule has 0 saturated heterocycles. The molecule has 0 aliphatic heterocycles. The van der Waals surface area contributed by atoms with Crippen molar-refractivity contribution in [2.24, 2.45) is 5.92 Å². The number of nitrogens with one attached hydrogen (secondary N) is 1. The van der Waals surface area contributed by atoms with Gasteiger partial charge in [-0.25, -0.2) is 0 Å². The molecular formula is C22H28N2O3. The SMILES string of the molecule is CCOc1cc(C(=O)NC2CCC(C)CC2)ccc1OCc1cccnc1. The van der Waals surface area contributed by atoms with Crippen LogP contribution in [0.5, 0.6) is 11.5 Å². The van der Waals surface area contributed by atoms with Crippen LogP contribution in [0.2, 0.25) is 0 Å². The first kappa shape index (κ1) is 19.2. The van der Waals surface area contributed by atoms with Crippen LogP contribution in [0.25, 0.3) is 0 Å². The lowest BCUT2D eigenvalue weighted by Crippen LogP contribution is -2.37. The van der Waals surface area contributed by atoms with Gasteiger partial charge in [-0.1, -0.05) is 13.0 Å². The van der Waals surface area contributed by atoms with Gasteiger partial charge in [0.25, 0.3) is 5.91 Å². The summed E-state index contributed by atoms with van der Waals surface area (Å²) in [5, 5.41) is 3.16. The van der Waals surface area contributed by atoms with Crippen molar-refractivity contribution >= 4 is 5.91 Å². The molecule has 3 rings (SSSR count). The highest BCUT2D eigenvalue weighted by Gasteiger charge is 2.21. The molecule has 0 bridgehead atoms. The van der Waals surface area contributed by atoms with E-state index in [1.54, 1.807) is 30.6 Å². The van der Waals surface area contributed by atoms with E-state index < -0.39 is 0 Å². The second kappa shape index (κ2) is 9.40. The maximum Gasteiger partial charge on any atom is 0.251 e. The van der Waals surface area contributed by atoms with Crippen LogP contribution in [-0.2, 0) is 6.61 Å². The Kier molecular flexibility index (Phi) is 6.69. The van der Waals surface area contributed by atoms with Gasteiger partial charge >= 0.3 is 0 Å². The van der Waals surface area contributed by atoms with E-state index in [0.29, 0.717) is 30.3 Å². The lowest BCUT2D eigenvalue weighted by molar-refractivity contribution is 0.0922. The van der Waals surface area contributed by atoms with Crippen LogP contribution in [0.15, 0.2) is 42.7 Å². The van der Waals surface area contributed by atoms with Crippen LogP contribution in [0.1, 0.15) is 55.5 Å². The Bertz CT molecular complexity index is 740. The quantitative estimate of drug-likeness (QED) is 0.788. The summed E-state index contributed by atoms with van der Waals surface area (Å²) < 4.78 is 11.6. The summed E-state index contributed by atoms with van der Waals surface area (Å²) in [4.78, 5) is 16.7. The summed E-state index contributed by atoms with van der Waals surface area (Å²) in [5.74, 6) is 1.93. The first-order valence-corrected chi connectivity index (χ1v) is 9.75. The molecule has 1 aliphatic carbocycles. The number of carbonyl (C=O) groups excluding carboxylic acids is 1. The van der Waals surface area contributed by atoms with E-state index in [-0.39, 0.29) is 11.9 Å². The van der Waals surface area contributed by atoms with Gasteiger partial charge in [0.2, 0.25) is 0 Å².